The molecule has 1 aliphatic rings. The van der Waals surface area contributed by atoms with Crippen molar-refractivity contribution in [1.29, 1.82) is 0 Å². The van der Waals surface area contributed by atoms with Gasteiger partial charge in [0.1, 0.15) is 5.82 Å². The van der Waals surface area contributed by atoms with Crippen LogP contribution >= 0.6 is 15.9 Å². The SMILES string of the molecule is Cc1ccc2nc(CNc3nc(N4C[C@@H](C)N(C=O)[C@@H](C)C4)nc4c(Br)cnn34)[nH]c2c1. The molecule has 0 aliphatic carbocycles. The molecule has 0 unspecified atom stereocenters. The third-order valence-corrected chi connectivity index (χ3v) is 6.36. The fraction of sp³-hybridized carbons (Fsp3) is 0.381. The Bertz CT molecular complexity index is 1290. The first kappa shape index (κ1) is 20.7. The Morgan fingerprint density at radius 3 is 2.75 bits per heavy atom. The van der Waals surface area contributed by atoms with E-state index in [9.17, 15) is 4.79 Å². The number of benzene rings is 1. The minimum absolute atomic E-state index is 0.0693. The smallest absolute Gasteiger partial charge is 0.230 e. The van der Waals surface area contributed by atoms with E-state index in [1.807, 2.05) is 30.9 Å². The number of halogens is 1. The van der Waals surface area contributed by atoms with Crippen LogP contribution in [0.2, 0.25) is 0 Å². The van der Waals surface area contributed by atoms with E-state index in [0.717, 1.165) is 27.7 Å². The lowest BCUT2D eigenvalue weighted by Crippen LogP contribution is -2.56. The topological polar surface area (TPSA) is 107 Å². The molecule has 2 atom stereocenters. The van der Waals surface area contributed by atoms with E-state index in [2.05, 4.69) is 54.2 Å². The molecule has 2 N–H and O–H groups in total. The molecular weight excluding hydrogens is 474 g/mol. The molecule has 0 radical (unpaired) electrons. The predicted octanol–water partition coefficient (Wildman–Crippen LogP) is 2.74. The summed E-state index contributed by atoms with van der Waals surface area (Å²) in [6.07, 6.45) is 2.63. The van der Waals surface area contributed by atoms with Crippen molar-refractivity contribution in [2.75, 3.05) is 23.3 Å². The molecule has 1 amide bonds. The molecule has 11 heteroatoms. The van der Waals surface area contributed by atoms with Gasteiger partial charge in [0.15, 0.2) is 5.65 Å². The highest BCUT2D eigenvalue weighted by atomic mass is 79.9. The number of carbonyl (C=O) groups is 1. The van der Waals surface area contributed by atoms with Gasteiger partial charge in [-0.1, -0.05) is 6.07 Å². The number of aryl methyl sites for hydroxylation is 1. The second-order valence-electron chi connectivity index (χ2n) is 8.29. The van der Waals surface area contributed by atoms with E-state index < -0.39 is 0 Å². The normalized spacial score (nSPS) is 19.1. The predicted molar refractivity (Wildman–Crippen MR) is 126 cm³/mol. The summed E-state index contributed by atoms with van der Waals surface area (Å²) < 4.78 is 2.46. The van der Waals surface area contributed by atoms with Crippen molar-refractivity contribution in [3.8, 4) is 0 Å². The van der Waals surface area contributed by atoms with Gasteiger partial charge in [0.25, 0.3) is 0 Å². The van der Waals surface area contributed by atoms with Gasteiger partial charge in [-0.05, 0) is 54.4 Å². The van der Waals surface area contributed by atoms with Crippen molar-refractivity contribution < 1.29 is 4.79 Å². The molecule has 1 fully saturated rings. The van der Waals surface area contributed by atoms with Gasteiger partial charge >= 0.3 is 0 Å². The molecule has 0 saturated carbocycles. The molecule has 4 aromatic rings. The Kier molecular flexibility index (Phi) is 5.20. The van der Waals surface area contributed by atoms with Crippen LogP contribution in [0.1, 0.15) is 25.2 Å². The summed E-state index contributed by atoms with van der Waals surface area (Å²) in [6, 6.07) is 6.28. The number of H-pyrrole nitrogens is 1. The van der Waals surface area contributed by atoms with E-state index in [1.54, 1.807) is 10.7 Å². The average Bonchev–Trinajstić information content (AvgIpc) is 3.34. The van der Waals surface area contributed by atoms with Crippen molar-refractivity contribution in [2.24, 2.45) is 0 Å². The minimum atomic E-state index is 0.0693. The second kappa shape index (κ2) is 8.05. The molecule has 32 heavy (non-hydrogen) atoms. The van der Waals surface area contributed by atoms with Crippen LogP contribution in [-0.2, 0) is 11.3 Å². The number of aromatic amines is 1. The van der Waals surface area contributed by atoms with Gasteiger partial charge in [-0.2, -0.15) is 19.6 Å². The first-order valence-corrected chi connectivity index (χ1v) is 11.3. The van der Waals surface area contributed by atoms with Gasteiger partial charge in [-0.3, -0.25) is 4.79 Å². The van der Waals surface area contributed by atoms with Gasteiger partial charge in [-0.15, -0.1) is 0 Å². The first-order chi connectivity index (χ1) is 15.4. The van der Waals surface area contributed by atoms with Crippen molar-refractivity contribution in [1.82, 2.24) is 34.4 Å². The first-order valence-electron chi connectivity index (χ1n) is 10.5. The van der Waals surface area contributed by atoms with Crippen LogP contribution in [0, 0.1) is 6.92 Å². The van der Waals surface area contributed by atoms with Crippen LogP contribution in [0.15, 0.2) is 28.9 Å². The molecular formula is C21H24BrN9O. The number of imidazole rings is 1. The Hall–Kier alpha value is -3.21. The summed E-state index contributed by atoms with van der Waals surface area (Å²) in [5.41, 5.74) is 3.80. The largest absolute Gasteiger partial charge is 0.347 e. The van der Waals surface area contributed by atoms with Crippen LogP contribution in [0.25, 0.3) is 16.7 Å². The van der Waals surface area contributed by atoms with Crippen molar-refractivity contribution in [2.45, 2.75) is 39.4 Å². The number of aromatic nitrogens is 6. The van der Waals surface area contributed by atoms with Gasteiger partial charge in [0.05, 0.1) is 28.2 Å². The van der Waals surface area contributed by atoms with Crippen LogP contribution in [0.4, 0.5) is 11.9 Å². The fourth-order valence-electron chi connectivity index (χ4n) is 4.22. The maximum Gasteiger partial charge on any atom is 0.230 e. The molecule has 4 heterocycles. The number of nitrogens with zero attached hydrogens (tertiary/aromatic N) is 7. The molecule has 0 spiro atoms. The number of rotatable bonds is 5. The third-order valence-electron chi connectivity index (χ3n) is 5.81. The second-order valence-corrected chi connectivity index (χ2v) is 9.14. The molecule has 0 bridgehead atoms. The molecule has 1 aromatic carbocycles. The summed E-state index contributed by atoms with van der Waals surface area (Å²) in [5.74, 6) is 1.99. The summed E-state index contributed by atoms with van der Waals surface area (Å²) >= 11 is 3.54. The van der Waals surface area contributed by atoms with Gasteiger partial charge < -0.3 is 20.1 Å². The Labute approximate surface area is 193 Å². The number of hydrogen-bond acceptors (Lipinski definition) is 7. The fourth-order valence-corrected chi connectivity index (χ4v) is 4.57. The molecule has 3 aromatic heterocycles. The van der Waals surface area contributed by atoms with Crippen LogP contribution < -0.4 is 10.2 Å². The molecule has 1 aliphatic heterocycles. The maximum absolute atomic E-state index is 11.4. The summed E-state index contributed by atoms with van der Waals surface area (Å²) in [4.78, 5) is 32.9. The zero-order valence-corrected chi connectivity index (χ0v) is 19.7. The van der Waals surface area contributed by atoms with E-state index in [-0.39, 0.29) is 12.1 Å². The standard InChI is InChI=1S/C21H24BrN9O/c1-12-4-5-16-17(6-12)26-18(25-16)8-23-20-28-21(27-19-15(22)7-24-31(19)20)29-9-13(2)30(11-32)14(3)10-29/h4-7,11,13-14H,8-10H2,1-3H3,(H,25,26)(H,23,27,28)/t13-,14+. The highest BCUT2D eigenvalue weighted by Gasteiger charge is 2.30. The quantitative estimate of drug-likeness (QED) is 0.408. The van der Waals surface area contributed by atoms with Crippen molar-refractivity contribution in [3.05, 3.63) is 40.3 Å². The van der Waals surface area contributed by atoms with Gasteiger partial charge in [0.2, 0.25) is 18.3 Å². The van der Waals surface area contributed by atoms with Crippen molar-refractivity contribution >= 4 is 50.9 Å². The summed E-state index contributed by atoms with van der Waals surface area (Å²) in [6.45, 7) is 7.91. The lowest BCUT2D eigenvalue weighted by molar-refractivity contribution is -0.122. The number of carbonyl (C=O) groups excluding carboxylic acids is 1. The van der Waals surface area contributed by atoms with E-state index in [1.165, 1.54) is 5.56 Å². The summed E-state index contributed by atoms with van der Waals surface area (Å²) in [7, 11) is 0. The van der Waals surface area contributed by atoms with E-state index >= 15 is 0 Å². The summed E-state index contributed by atoms with van der Waals surface area (Å²) in [5, 5.41) is 7.76. The number of anilines is 2. The number of hydrogen-bond donors (Lipinski definition) is 2. The zero-order chi connectivity index (χ0) is 22.4. The Morgan fingerprint density at radius 1 is 1.22 bits per heavy atom. The minimum Gasteiger partial charge on any atom is -0.347 e. The number of piperazine rings is 1. The maximum atomic E-state index is 11.4. The molecule has 10 nitrogen and oxygen atoms in total. The zero-order valence-electron chi connectivity index (χ0n) is 18.1. The van der Waals surface area contributed by atoms with E-state index in [4.69, 9.17) is 9.97 Å². The lowest BCUT2D eigenvalue weighted by Gasteiger charge is -2.42. The number of nitrogens with one attached hydrogen (secondary N) is 2. The third kappa shape index (κ3) is 3.66. The van der Waals surface area contributed by atoms with Crippen LogP contribution in [-0.4, -0.2) is 66.0 Å². The molecule has 5 rings (SSSR count). The highest BCUT2D eigenvalue weighted by molar-refractivity contribution is 9.10. The number of amides is 1. The average molecular weight is 498 g/mol. The monoisotopic (exact) mass is 497 g/mol. The highest BCUT2D eigenvalue weighted by Crippen LogP contribution is 2.24. The van der Waals surface area contributed by atoms with Gasteiger partial charge in [-0.25, -0.2) is 4.98 Å². The lowest BCUT2D eigenvalue weighted by atomic mass is 10.1. The Balaban J connectivity index is 1.45. The molecule has 1 saturated heterocycles. The van der Waals surface area contributed by atoms with E-state index in [0.29, 0.717) is 37.2 Å². The van der Waals surface area contributed by atoms with Gasteiger partial charge in [0, 0.05) is 25.2 Å². The Morgan fingerprint density at radius 2 is 2.00 bits per heavy atom. The van der Waals surface area contributed by atoms with Crippen LogP contribution in [0.3, 0.4) is 0 Å². The van der Waals surface area contributed by atoms with Crippen LogP contribution in [0.5, 0.6) is 0 Å². The molecule has 166 valence electrons. The van der Waals surface area contributed by atoms with Crippen molar-refractivity contribution in [3.63, 3.8) is 0 Å². The number of fused-ring (bicyclic) bond motifs is 2.